The summed E-state index contributed by atoms with van der Waals surface area (Å²) in [6.45, 7) is 43.1. The fourth-order valence-corrected chi connectivity index (χ4v) is 4.08. The summed E-state index contributed by atoms with van der Waals surface area (Å²) in [5, 5.41) is 34.2. The summed E-state index contributed by atoms with van der Waals surface area (Å²) in [6.07, 6.45) is 5.99. The minimum atomic E-state index is -1.25. The van der Waals surface area contributed by atoms with E-state index in [1.54, 1.807) is 13.2 Å². The molecule has 0 aliphatic rings. The highest BCUT2D eigenvalue weighted by Crippen LogP contribution is 2.25. The van der Waals surface area contributed by atoms with E-state index in [0.29, 0.717) is 12.8 Å². The molecule has 0 aromatic carbocycles. The number of carbonyl (C=O) groups is 8. The average Bonchev–Trinajstić information content (AvgIpc) is 3.38. The fourth-order valence-electron chi connectivity index (χ4n) is 4.08. The van der Waals surface area contributed by atoms with Crippen LogP contribution in [-0.4, -0.2) is 125 Å². The van der Waals surface area contributed by atoms with E-state index in [0.717, 1.165) is 0 Å². The van der Waals surface area contributed by atoms with Crippen molar-refractivity contribution in [3.8, 4) is 25.0 Å². The predicted octanol–water partition coefficient (Wildman–Crippen LogP) is 6.56. The minimum absolute atomic E-state index is 0.0209. The van der Waals surface area contributed by atoms with Gasteiger partial charge in [0.2, 0.25) is 0 Å². The van der Waals surface area contributed by atoms with Crippen LogP contribution in [0.4, 0.5) is 0 Å². The molecule has 0 amide bonds. The lowest BCUT2D eigenvalue weighted by Crippen LogP contribution is -2.42. The van der Waals surface area contributed by atoms with Crippen LogP contribution in [0.15, 0.2) is 97.2 Å². The zero-order valence-corrected chi connectivity index (χ0v) is 46.5. The number of rotatable bonds is 31. The molecule has 24 nitrogen and oxygen atoms in total. The van der Waals surface area contributed by atoms with Crippen molar-refractivity contribution in [1.29, 1.82) is 21.0 Å². The predicted molar refractivity (Wildman–Crippen MR) is 276 cm³/mol. The van der Waals surface area contributed by atoms with Crippen LogP contribution < -0.4 is 0 Å². The van der Waals surface area contributed by atoms with Crippen LogP contribution in [0.3, 0.4) is 0 Å². The van der Waals surface area contributed by atoms with Crippen molar-refractivity contribution >= 4 is 47.8 Å². The molecular weight excluding hydrogens is 1020 g/mol. The molecule has 0 heterocycles. The molecule has 0 bridgehead atoms. The molecule has 0 rings (SSSR count). The van der Waals surface area contributed by atoms with E-state index in [-0.39, 0.29) is 104 Å². The highest BCUT2D eigenvalue weighted by atomic mass is 16.6. The van der Waals surface area contributed by atoms with Crippen LogP contribution in [0.5, 0.6) is 0 Å². The molecule has 0 saturated heterocycles. The van der Waals surface area contributed by atoms with Crippen molar-refractivity contribution in [3.05, 3.63) is 97.2 Å². The summed E-state index contributed by atoms with van der Waals surface area (Å²) in [5.74, 6) is -4.73. The van der Waals surface area contributed by atoms with Gasteiger partial charge in [-0.15, -0.1) is 0 Å². The first-order chi connectivity index (χ1) is 36.1. The SMILES string of the molecule is C=C(C)C(=O)OCC(C)(COC(=O)C(=C)C)OC#N.C=C(C)C(=O)OCC(CC)(COC#N)COC(=O)C(=C)C.C=C(C)C(=O)OCC(CC)(COC(=O)C(=C)C)OC#N.C=C(C)C(=O)OCC(COC(=O)C(=C)C)OC#N. The molecule has 0 aliphatic heterocycles. The van der Waals surface area contributed by atoms with E-state index in [4.69, 9.17) is 73.2 Å². The first kappa shape index (κ1) is 75.4. The monoisotopic (exact) mass is 1100 g/mol. The van der Waals surface area contributed by atoms with Gasteiger partial charge in [-0.1, -0.05) is 66.5 Å². The molecule has 0 N–H and O–H groups in total. The van der Waals surface area contributed by atoms with Gasteiger partial charge >= 0.3 is 47.8 Å². The number of nitrogens with zero attached hydrogens (tertiary/aromatic N) is 4. The van der Waals surface area contributed by atoms with E-state index >= 15 is 0 Å². The highest BCUT2D eigenvalue weighted by molar-refractivity contribution is 5.89. The molecule has 0 spiro atoms. The molecule has 0 atom stereocenters. The summed E-state index contributed by atoms with van der Waals surface area (Å²) in [5.41, 5.74) is -1.36. The smallest absolute Gasteiger partial charge is 0.333 e. The van der Waals surface area contributed by atoms with Crippen molar-refractivity contribution < 1.29 is 95.2 Å². The highest BCUT2D eigenvalue weighted by Gasteiger charge is 2.36. The third kappa shape index (κ3) is 35.1. The zero-order chi connectivity index (χ0) is 61.4. The summed E-state index contributed by atoms with van der Waals surface area (Å²) < 4.78 is 58.6. The fraction of sp³-hybridized carbons (Fsp3) is 0.481. The molecule has 78 heavy (non-hydrogen) atoms. The molecule has 0 aromatic heterocycles. The molecule has 0 fully saturated rings. The third-order valence-corrected chi connectivity index (χ3v) is 9.17. The topological polar surface area (TPSA) is 342 Å². The summed E-state index contributed by atoms with van der Waals surface area (Å²) in [7, 11) is 0. The number of hydrogen-bond acceptors (Lipinski definition) is 24. The van der Waals surface area contributed by atoms with Gasteiger partial charge in [-0.3, -0.25) is 0 Å². The minimum Gasteiger partial charge on any atom is -0.461 e. The van der Waals surface area contributed by atoms with Crippen molar-refractivity contribution in [3.63, 3.8) is 0 Å². The number of nitriles is 4. The molecule has 0 radical (unpaired) electrons. The van der Waals surface area contributed by atoms with Crippen LogP contribution in [0.25, 0.3) is 0 Å². The Morgan fingerprint density at radius 3 is 0.910 bits per heavy atom. The maximum Gasteiger partial charge on any atom is 0.333 e. The maximum atomic E-state index is 11.5. The van der Waals surface area contributed by atoms with Crippen LogP contribution in [0, 0.1) is 51.5 Å². The second-order valence-electron chi connectivity index (χ2n) is 17.3. The zero-order valence-electron chi connectivity index (χ0n) is 46.5. The maximum absolute atomic E-state index is 11.5. The van der Waals surface area contributed by atoms with Crippen LogP contribution >= 0.6 is 0 Å². The lowest BCUT2D eigenvalue weighted by atomic mass is 9.88. The number of hydrogen-bond donors (Lipinski definition) is 0. The lowest BCUT2D eigenvalue weighted by molar-refractivity contribution is -0.159. The van der Waals surface area contributed by atoms with Crippen molar-refractivity contribution in [2.24, 2.45) is 5.41 Å². The van der Waals surface area contributed by atoms with Crippen molar-refractivity contribution in [2.75, 3.05) is 59.5 Å². The van der Waals surface area contributed by atoms with E-state index in [1.165, 1.54) is 81.1 Å². The van der Waals surface area contributed by atoms with Gasteiger partial charge in [-0.05, 0) is 75.2 Å². The lowest BCUT2D eigenvalue weighted by Gasteiger charge is -2.30. The van der Waals surface area contributed by atoms with Gasteiger partial charge in [0, 0.05) is 44.6 Å². The summed E-state index contributed by atoms with van der Waals surface area (Å²) in [6, 6.07) is 0. The van der Waals surface area contributed by atoms with Crippen LogP contribution in [0.2, 0.25) is 0 Å². The first-order valence-corrected chi connectivity index (χ1v) is 23.0. The van der Waals surface area contributed by atoms with Gasteiger partial charge < -0.3 is 56.8 Å². The van der Waals surface area contributed by atoms with Crippen LogP contribution in [0.1, 0.15) is 89.0 Å². The molecule has 24 heteroatoms. The molecule has 0 aromatic rings. The van der Waals surface area contributed by atoms with Gasteiger partial charge in [-0.2, -0.15) is 21.0 Å². The summed E-state index contributed by atoms with van der Waals surface area (Å²) >= 11 is 0. The molecule has 0 unspecified atom stereocenters. The Morgan fingerprint density at radius 2 is 0.667 bits per heavy atom. The summed E-state index contributed by atoms with van der Waals surface area (Å²) in [4.78, 5) is 90.4. The Labute approximate surface area is 456 Å². The van der Waals surface area contributed by atoms with Crippen molar-refractivity contribution in [1.82, 2.24) is 0 Å². The second-order valence-corrected chi connectivity index (χ2v) is 17.3. The quantitative estimate of drug-likeness (QED) is 0.0307. The second kappa shape index (κ2) is 40.2. The van der Waals surface area contributed by atoms with Gasteiger partial charge in [-0.25, -0.2) is 38.4 Å². The van der Waals surface area contributed by atoms with E-state index in [2.05, 4.69) is 57.4 Å². The Bertz CT molecular complexity index is 2270. The number of esters is 8. The van der Waals surface area contributed by atoms with Gasteiger partial charge in [0.05, 0.1) is 5.41 Å². The number of carbonyl (C=O) groups excluding carboxylic acids is 8. The average molecular weight is 1100 g/mol. The van der Waals surface area contributed by atoms with E-state index in [9.17, 15) is 38.4 Å². The van der Waals surface area contributed by atoms with E-state index in [1.807, 2.05) is 6.92 Å². The standard InChI is InChI=1S/C15H21NO5.C14H19NO5.C13H17NO5.C12H15NO5/c1-6-15(7-19-10-16,8-20-13(17)11(2)3)9-21-14(18)12(4)5;1-6-14(20-9-15,7-18-12(16)10(2)3)8-19-13(17)11(4)5;1-9(2)11(15)17-6-13(5,19-8-14)7-18-12(16)10(3)4;1-8(2)11(14)16-5-10(18-7-13)6-17-12(15)9(3)4/h2,4,6-9H2,1,3,5H3;2,4,6-8H2,1,3,5H3;1,3,6-7H2,2,4-5H3;10H,1,3,5-6H2,2,4H3. The molecule has 0 aliphatic carbocycles. The van der Waals surface area contributed by atoms with E-state index < -0.39 is 70.5 Å². The Balaban J connectivity index is -0.000000469. The van der Waals surface area contributed by atoms with Gasteiger partial charge in [0.15, 0.2) is 17.3 Å². The molecule has 0 saturated carbocycles. The van der Waals surface area contributed by atoms with Gasteiger partial charge in [0.1, 0.15) is 59.5 Å². The first-order valence-electron chi connectivity index (χ1n) is 23.0. The van der Waals surface area contributed by atoms with Gasteiger partial charge in [0.25, 0.3) is 25.0 Å². The molecular formula is C54H72N4O20. The van der Waals surface area contributed by atoms with Crippen molar-refractivity contribution in [2.45, 2.75) is 106 Å². The number of ether oxygens (including phenoxy) is 12. The van der Waals surface area contributed by atoms with Crippen LogP contribution in [-0.2, 0) is 95.2 Å². The Kier molecular flexibility index (Phi) is 38.8. The molecule has 428 valence electrons. The largest absolute Gasteiger partial charge is 0.461 e. The Hall–Kier alpha value is -9.16. The third-order valence-electron chi connectivity index (χ3n) is 9.17. The normalized spacial score (nSPS) is 9.90. The Morgan fingerprint density at radius 1 is 0.385 bits per heavy atom.